The van der Waals surface area contributed by atoms with E-state index in [-0.39, 0.29) is 17.6 Å². The van der Waals surface area contributed by atoms with Gasteiger partial charge in [-0.2, -0.15) is 0 Å². The Labute approximate surface area is 265 Å². The molecule has 1 aromatic carbocycles. The summed E-state index contributed by atoms with van der Waals surface area (Å²) in [5.41, 5.74) is 7.72. The normalized spacial score (nSPS) is 38.7. The van der Waals surface area contributed by atoms with Gasteiger partial charge in [0.1, 0.15) is 5.78 Å². The highest BCUT2D eigenvalue weighted by atomic mass is 16.5. The summed E-state index contributed by atoms with van der Waals surface area (Å²) in [6, 6.07) is 10.9. The molecule has 5 nitrogen and oxygen atoms in total. The number of ether oxygens (including phenoxy) is 1. The minimum Gasteiger partial charge on any atom is -0.369 e. The van der Waals surface area contributed by atoms with Crippen molar-refractivity contribution in [3.63, 3.8) is 0 Å². The third-order valence-electron chi connectivity index (χ3n) is 12.8. The molecule has 3 fully saturated rings. The highest BCUT2D eigenvalue weighted by Gasteiger charge is 2.58. The highest BCUT2D eigenvalue weighted by molar-refractivity contribution is 5.83. The number of rotatable bonds is 6. The predicted molar refractivity (Wildman–Crippen MR) is 175 cm³/mol. The first-order chi connectivity index (χ1) is 21.2. The molecule has 1 N–H and O–H groups in total. The summed E-state index contributed by atoms with van der Waals surface area (Å²) in [5.74, 6) is 4.06. The molecule has 9 atom stereocenters. The molecule has 2 aliphatic heterocycles. The average Bonchev–Trinajstić information content (AvgIpc) is 3.44. The van der Waals surface area contributed by atoms with Crippen molar-refractivity contribution in [3.05, 3.63) is 58.2 Å². The molecular formula is C39H54N2O3. The van der Waals surface area contributed by atoms with Crippen molar-refractivity contribution in [2.75, 3.05) is 19.6 Å². The molecule has 44 heavy (non-hydrogen) atoms. The van der Waals surface area contributed by atoms with Crippen molar-refractivity contribution in [2.24, 2.45) is 35.5 Å². The lowest BCUT2D eigenvalue weighted by Gasteiger charge is -2.41. The van der Waals surface area contributed by atoms with Crippen LogP contribution in [0.4, 0.5) is 0 Å². The number of benzene rings is 1. The molecule has 1 spiro atoms. The third kappa shape index (κ3) is 5.55. The minimum atomic E-state index is -0.121. The van der Waals surface area contributed by atoms with Crippen LogP contribution in [0.3, 0.4) is 0 Å². The zero-order chi connectivity index (χ0) is 30.6. The molecule has 238 valence electrons. The topological polar surface area (TPSA) is 58.6 Å². The number of carbonyl (C=O) groups is 2. The molecule has 2 heterocycles. The number of carbonyl (C=O) groups excluding carboxylic acids is 2. The summed E-state index contributed by atoms with van der Waals surface area (Å²) in [6.07, 6.45) is 11.8. The molecule has 4 aliphatic carbocycles. The fourth-order valence-corrected chi connectivity index (χ4v) is 11.1. The number of allylic oxidation sites excluding steroid dienone is 3. The van der Waals surface area contributed by atoms with Crippen LogP contribution in [0, 0.1) is 35.5 Å². The van der Waals surface area contributed by atoms with E-state index in [1.165, 1.54) is 30.4 Å². The Morgan fingerprint density at radius 1 is 1.09 bits per heavy atom. The lowest BCUT2D eigenvalue weighted by Crippen LogP contribution is -2.54. The van der Waals surface area contributed by atoms with Gasteiger partial charge in [-0.1, -0.05) is 73.4 Å². The quantitative estimate of drug-likeness (QED) is 0.281. The third-order valence-corrected chi connectivity index (χ3v) is 12.8. The molecule has 0 aromatic heterocycles. The number of ketones is 1. The standard InChI is InChI=1S/C39H54N2O3/c1-24-17-35-38(41(22-24)23-36(43)40-16-8-11-28-9-6-5-7-10-28)27(4)39(44-35)15-14-32-31-13-12-29-19-30(42)18-25(2)37(29)34(31)20-33(32)26(3)21-39/h5-7,9-10,24-25,27,31-32,34-35,38H,8,11-23H2,1-4H3,(H,40,43)/t24-,25+,27+,31-,32-,34-,35+,38-,39-/m0/s1. The van der Waals surface area contributed by atoms with Crippen LogP contribution in [0.5, 0.6) is 0 Å². The molecule has 0 radical (unpaired) electrons. The second-order valence-corrected chi connectivity index (χ2v) is 15.7. The summed E-state index contributed by atoms with van der Waals surface area (Å²) >= 11 is 0. The van der Waals surface area contributed by atoms with Crippen LogP contribution in [0.1, 0.15) is 97.5 Å². The lowest BCUT2D eigenvalue weighted by molar-refractivity contribution is -0.124. The molecule has 1 aromatic rings. The van der Waals surface area contributed by atoms with Crippen LogP contribution in [0.25, 0.3) is 0 Å². The van der Waals surface area contributed by atoms with E-state index < -0.39 is 0 Å². The van der Waals surface area contributed by atoms with Gasteiger partial charge in [-0.3, -0.25) is 14.5 Å². The Balaban J connectivity index is 1.03. The largest absolute Gasteiger partial charge is 0.369 e. The van der Waals surface area contributed by atoms with Crippen molar-refractivity contribution in [1.82, 2.24) is 10.2 Å². The van der Waals surface area contributed by atoms with Gasteiger partial charge in [0, 0.05) is 37.9 Å². The van der Waals surface area contributed by atoms with Gasteiger partial charge < -0.3 is 10.1 Å². The second kappa shape index (κ2) is 12.2. The Hall–Kier alpha value is -2.24. The van der Waals surface area contributed by atoms with Gasteiger partial charge in [0.05, 0.1) is 18.2 Å². The molecule has 2 saturated heterocycles. The van der Waals surface area contributed by atoms with E-state index in [1.807, 2.05) is 0 Å². The maximum absolute atomic E-state index is 13.2. The fourth-order valence-electron chi connectivity index (χ4n) is 11.1. The van der Waals surface area contributed by atoms with Crippen LogP contribution < -0.4 is 5.32 Å². The SMILES string of the molecule is CC1=C2C[C@@H]3C4=C(CC[C@H]3[C@@H]2CC[C@@]2(C1)O[C@@H]1C[C@H](C)CN(CC(=O)NCCCc3ccccc3)[C@H]1[C@H]2C)CC(=O)C[C@H]4C. The number of Topliss-reactive ketones (excluding diaryl/α,β-unsaturated/α-hetero) is 1. The van der Waals surface area contributed by atoms with E-state index in [4.69, 9.17) is 4.74 Å². The van der Waals surface area contributed by atoms with E-state index in [9.17, 15) is 9.59 Å². The Morgan fingerprint density at radius 3 is 2.73 bits per heavy atom. The molecule has 6 aliphatic rings. The van der Waals surface area contributed by atoms with E-state index in [0.717, 1.165) is 70.4 Å². The second-order valence-electron chi connectivity index (χ2n) is 15.7. The number of aryl methyl sites for hydroxylation is 1. The number of piperidine rings is 1. The van der Waals surface area contributed by atoms with Crippen LogP contribution in [-0.2, 0) is 20.7 Å². The average molecular weight is 599 g/mol. The number of nitrogens with one attached hydrogen (secondary N) is 1. The van der Waals surface area contributed by atoms with Gasteiger partial charge in [-0.15, -0.1) is 0 Å². The molecule has 1 amide bonds. The summed E-state index contributed by atoms with van der Waals surface area (Å²) in [5, 5.41) is 3.23. The molecular weight excluding hydrogens is 544 g/mol. The first-order valence-electron chi connectivity index (χ1n) is 17.9. The number of nitrogens with zero attached hydrogens (tertiary/aromatic N) is 1. The Bertz CT molecular complexity index is 1330. The summed E-state index contributed by atoms with van der Waals surface area (Å²) in [7, 11) is 0. The summed E-state index contributed by atoms with van der Waals surface area (Å²) < 4.78 is 7.25. The van der Waals surface area contributed by atoms with Crippen molar-refractivity contribution in [2.45, 2.75) is 116 Å². The van der Waals surface area contributed by atoms with Gasteiger partial charge in [0.25, 0.3) is 0 Å². The Morgan fingerprint density at radius 2 is 1.91 bits per heavy atom. The van der Waals surface area contributed by atoms with E-state index in [2.05, 4.69) is 68.2 Å². The number of likely N-dealkylation sites (tertiary alicyclic amines) is 1. The van der Waals surface area contributed by atoms with Crippen molar-refractivity contribution in [3.8, 4) is 0 Å². The zero-order valence-electron chi connectivity index (χ0n) is 27.6. The molecule has 7 rings (SSSR count). The zero-order valence-corrected chi connectivity index (χ0v) is 27.6. The molecule has 0 unspecified atom stereocenters. The number of amides is 1. The smallest absolute Gasteiger partial charge is 0.234 e. The van der Waals surface area contributed by atoms with Gasteiger partial charge in [0.15, 0.2) is 0 Å². The van der Waals surface area contributed by atoms with E-state index >= 15 is 0 Å². The fraction of sp³-hybridized carbons (Fsp3) is 0.692. The maximum Gasteiger partial charge on any atom is 0.234 e. The molecule has 1 saturated carbocycles. The first kappa shape index (κ1) is 30.4. The van der Waals surface area contributed by atoms with Crippen molar-refractivity contribution >= 4 is 11.7 Å². The summed E-state index contributed by atoms with van der Waals surface area (Å²) in [4.78, 5) is 28.0. The Kier molecular flexibility index (Phi) is 8.41. The van der Waals surface area contributed by atoms with Crippen molar-refractivity contribution < 1.29 is 14.3 Å². The van der Waals surface area contributed by atoms with Crippen LogP contribution in [-0.4, -0.2) is 54.0 Å². The van der Waals surface area contributed by atoms with Crippen LogP contribution in [0.15, 0.2) is 52.6 Å². The predicted octanol–water partition coefficient (Wildman–Crippen LogP) is 7.06. The summed E-state index contributed by atoms with van der Waals surface area (Å²) in [6.45, 7) is 11.7. The van der Waals surface area contributed by atoms with Crippen LogP contribution in [0.2, 0.25) is 0 Å². The lowest BCUT2D eigenvalue weighted by atomic mass is 9.66. The maximum atomic E-state index is 13.2. The highest BCUT2D eigenvalue weighted by Crippen LogP contribution is 2.60. The first-order valence-corrected chi connectivity index (χ1v) is 17.9. The van der Waals surface area contributed by atoms with E-state index in [1.54, 1.807) is 16.7 Å². The molecule has 0 bridgehead atoms. The van der Waals surface area contributed by atoms with Crippen molar-refractivity contribution in [1.29, 1.82) is 0 Å². The number of hydrogen-bond acceptors (Lipinski definition) is 4. The monoisotopic (exact) mass is 598 g/mol. The molecule has 5 heteroatoms. The van der Waals surface area contributed by atoms with Gasteiger partial charge in [-0.25, -0.2) is 0 Å². The minimum absolute atomic E-state index is 0.121. The van der Waals surface area contributed by atoms with E-state index in [0.29, 0.717) is 48.0 Å². The number of fused-ring (bicyclic) bond motifs is 5. The van der Waals surface area contributed by atoms with Crippen LogP contribution >= 0.6 is 0 Å². The van der Waals surface area contributed by atoms with Gasteiger partial charge in [0.2, 0.25) is 5.91 Å². The van der Waals surface area contributed by atoms with Gasteiger partial charge >= 0.3 is 0 Å². The number of hydrogen-bond donors (Lipinski definition) is 1. The van der Waals surface area contributed by atoms with Gasteiger partial charge in [-0.05, 0) is 99.9 Å².